The number of rotatable bonds is 4. The molecule has 0 saturated carbocycles. The maximum atomic E-state index is 9.07. The van der Waals surface area contributed by atoms with Crippen LogP contribution in [0.25, 0.3) is 0 Å². The standard InChI is InChI=1S/C13H14BNO2/c16-14(17)12-6-4-5-11(9-12)10-15-13-7-2-1-3-8-13/h1-9,15-17H,10H2. The predicted molar refractivity (Wildman–Crippen MR) is 70.0 cm³/mol. The lowest BCUT2D eigenvalue weighted by molar-refractivity contribution is 0.425. The molecule has 0 radical (unpaired) electrons. The molecule has 0 atom stereocenters. The van der Waals surface area contributed by atoms with Gasteiger partial charge in [0.1, 0.15) is 0 Å². The van der Waals surface area contributed by atoms with Crippen molar-refractivity contribution in [3.05, 3.63) is 60.2 Å². The molecule has 0 saturated heterocycles. The molecule has 86 valence electrons. The molecule has 4 heteroatoms. The van der Waals surface area contributed by atoms with E-state index in [1.807, 2.05) is 42.5 Å². The van der Waals surface area contributed by atoms with Gasteiger partial charge in [0.25, 0.3) is 0 Å². The zero-order chi connectivity index (χ0) is 12.1. The van der Waals surface area contributed by atoms with Crippen LogP contribution < -0.4 is 10.8 Å². The van der Waals surface area contributed by atoms with Gasteiger partial charge in [-0.1, -0.05) is 42.5 Å². The van der Waals surface area contributed by atoms with Crippen molar-refractivity contribution < 1.29 is 10.0 Å². The third-order valence-electron chi connectivity index (χ3n) is 2.52. The molecule has 0 unspecified atom stereocenters. The Labute approximate surface area is 101 Å². The molecule has 0 aliphatic carbocycles. The lowest BCUT2D eigenvalue weighted by Gasteiger charge is -2.07. The number of hydrogen-bond donors (Lipinski definition) is 3. The van der Waals surface area contributed by atoms with E-state index in [1.165, 1.54) is 0 Å². The van der Waals surface area contributed by atoms with Gasteiger partial charge in [0.2, 0.25) is 0 Å². The summed E-state index contributed by atoms with van der Waals surface area (Å²) < 4.78 is 0. The zero-order valence-electron chi connectivity index (χ0n) is 9.38. The molecule has 2 rings (SSSR count). The van der Waals surface area contributed by atoms with E-state index in [4.69, 9.17) is 10.0 Å². The molecule has 3 N–H and O–H groups in total. The second kappa shape index (κ2) is 5.52. The first kappa shape index (κ1) is 11.7. The summed E-state index contributed by atoms with van der Waals surface area (Å²) in [7, 11) is -1.41. The molecule has 0 fully saturated rings. The van der Waals surface area contributed by atoms with E-state index in [2.05, 4.69) is 5.32 Å². The normalized spacial score (nSPS) is 10.0. The van der Waals surface area contributed by atoms with Crippen molar-refractivity contribution in [2.75, 3.05) is 5.32 Å². The molecule has 3 nitrogen and oxygen atoms in total. The molecular formula is C13H14BNO2. The number of hydrogen-bond acceptors (Lipinski definition) is 3. The third-order valence-corrected chi connectivity index (χ3v) is 2.52. The fourth-order valence-corrected chi connectivity index (χ4v) is 1.62. The van der Waals surface area contributed by atoms with Crippen molar-refractivity contribution in [3.8, 4) is 0 Å². The molecule has 0 aromatic heterocycles. The first-order valence-electron chi connectivity index (χ1n) is 5.49. The van der Waals surface area contributed by atoms with Crippen LogP contribution in [0.2, 0.25) is 0 Å². The average Bonchev–Trinajstić information content (AvgIpc) is 2.38. The first-order chi connectivity index (χ1) is 8.25. The van der Waals surface area contributed by atoms with Gasteiger partial charge in [-0.2, -0.15) is 0 Å². The van der Waals surface area contributed by atoms with E-state index in [-0.39, 0.29) is 0 Å². The van der Waals surface area contributed by atoms with Gasteiger partial charge < -0.3 is 15.4 Å². The van der Waals surface area contributed by atoms with Crippen molar-refractivity contribution in [1.29, 1.82) is 0 Å². The maximum Gasteiger partial charge on any atom is 0.488 e. The highest BCUT2D eigenvalue weighted by atomic mass is 16.4. The van der Waals surface area contributed by atoms with Crippen molar-refractivity contribution in [2.45, 2.75) is 6.54 Å². The van der Waals surface area contributed by atoms with Crippen LogP contribution in [0.3, 0.4) is 0 Å². The van der Waals surface area contributed by atoms with Crippen LogP contribution in [-0.2, 0) is 6.54 Å². The highest BCUT2D eigenvalue weighted by Crippen LogP contribution is 2.07. The number of anilines is 1. The van der Waals surface area contributed by atoms with E-state index in [0.29, 0.717) is 12.0 Å². The second-order valence-corrected chi connectivity index (χ2v) is 3.84. The molecule has 0 bridgehead atoms. The van der Waals surface area contributed by atoms with Gasteiger partial charge >= 0.3 is 7.12 Å². The fraction of sp³-hybridized carbons (Fsp3) is 0.0769. The first-order valence-corrected chi connectivity index (χ1v) is 5.49. The molecular weight excluding hydrogens is 213 g/mol. The summed E-state index contributed by atoms with van der Waals surface area (Å²) in [6.45, 7) is 0.657. The van der Waals surface area contributed by atoms with E-state index in [0.717, 1.165) is 11.3 Å². The van der Waals surface area contributed by atoms with Crippen LogP contribution in [0.1, 0.15) is 5.56 Å². The van der Waals surface area contributed by atoms with E-state index < -0.39 is 7.12 Å². The molecule has 0 aliphatic heterocycles. The Morgan fingerprint density at radius 3 is 2.41 bits per heavy atom. The topological polar surface area (TPSA) is 52.5 Å². The van der Waals surface area contributed by atoms with Crippen LogP contribution in [0, 0.1) is 0 Å². The van der Waals surface area contributed by atoms with Crippen molar-refractivity contribution in [1.82, 2.24) is 0 Å². The second-order valence-electron chi connectivity index (χ2n) is 3.84. The summed E-state index contributed by atoms with van der Waals surface area (Å²) in [4.78, 5) is 0. The summed E-state index contributed by atoms with van der Waals surface area (Å²) in [5.74, 6) is 0. The summed E-state index contributed by atoms with van der Waals surface area (Å²) in [6, 6.07) is 17.1. The summed E-state index contributed by atoms with van der Waals surface area (Å²) in [5.41, 5.74) is 2.57. The lowest BCUT2D eigenvalue weighted by atomic mass is 9.79. The Morgan fingerprint density at radius 1 is 0.941 bits per heavy atom. The minimum atomic E-state index is -1.41. The molecule has 0 aliphatic rings. The van der Waals surface area contributed by atoms with Crippen molar-refractivity contribution in [2.24, 2.45) is 0 Å². The van der Waals surface area contributed by atoms with Gasteiger partial charge in [-0.15, -0.1) is 0 Å². The number of benzene rings is 2. The lowest BCUT2D eigenvalue weighted by Crippen LogP contribution is -2.30. The molecule has 0 spiro atoms. The minimum absolute atomic E-state index is 0.511. The highest BCUT2D eigenvalue weighted by Gasteiger charge is 2.10. The largest absolute Gasteiger partial charge is 0.488 e. The number of nitrogens with one attached hydrogen (secondary N) is 1. The van der Waals surface area contributed by atoms with Gasteiger partial charge in [-0.3, -0.25) is 0 Å². The Bertz CT molecular complexity index is 474. The van der Waals surface area contributed by atoms with Crippen LogP contribution in [0.5, 0.6) is 0 Å². The van der Waals surface area contributed by atoms with E-state index >= 15 is 0 Å². The fourth-order valence-electron chi connectivity index (χ4n) is 1.62. The number of para-hydroxylation sites is 1. The third kappa shape index (κ3) is 3.34. The average molecular weight is 227 g/mol. The molecule has 0 heterocycles. The monoisotopic (exact) mass is 227 g/mol. The summed E-state index contributed by atoms with van der Waals surface area (Å²) in [6.07, 6.45) is 0. The molecule has 0 amide bonds. The van der Waals surface area contributed by atoms with Gasteiger partial charge in [-0.05, 0) is 23.2 Å². The molecule has 17 heavy (non-hydrogen) atoms. The van der Waals surface area contributed by atoms with Crippen LogP contribution in [0.15, 0.2) is 54.6 Å². The van der Waals surface area contributed by atoms with Gasteiger partial charge in [0.05, 0.1) is 0 Å². The quantitative estimate of drug-likeness (QED) is 0.682. The predicted octanol–water partition coefficient (Wildman–Crippen LogP) is 0.978. The molecule has 2 aromatic rings. The summed E-state index contributed by atoms with van der Waals surface area (Å²) >= 11 is 0. The van der Waals surface area contributed by atoms with Gasteiger partial charge in [0.15, 0.2) is 0 Å². The Hall–Kier alpha value is -1.78. The van der Waals surface area contributed by atoms with Crippen LogP contribution in [0.4, 0.5) is 5.69 Å². The van der Waals surface area contributed by atoms with Crippen molar-refractivity contribution in [3.63, 3.8) is 0 Å². The van der Waals surface area contributed by atoms with E-state index in [9.17, 15) is 0 Å². The van der Waals surface area contributed by atoms with Gasteiger partial charge in [0, 0.05) is 12.2 Å². The van der Waals surface area contributed by atoms with Crippen LogP contribution in [-0.4, -0.2) is 17.2 Å². The van der Waals surface area contributed by atoms with Crippen LogP contribution >= 0.6 is 0 Å². The smallest absolute Gasteiger partial charge is 0.423 e. The Balaban J connectivity index is 2.02. The minimum Gasteiger partial charge on any atom is -0.423 e. The Kier molecular flexibility index (Phi) is 3.80. The highest BCUT2D eigenvalue weighted by molar-refractivity contribution is 6.58. The van der Waals surface area contributed by atoms with Crippen molar-refractivity contribution >= 4 is 18.3 Å². The molecule has 2 aromatic carbocycles. The van der Waals surface area contributed by atoms with E-state index in [1.54, 1.807) is 12.1 Å². The maximum absolute atomic E-state index is 9.07. The van der Waals surface area contributed by atoms with Gasteiger partial charge in [-0.25, -0.2) is 0 Å². The zero-order valence-corrected chi connectivity index (χ0v) is 9.38. The SMILES string of the molecule is OB(O)c1cccc(CNc2ccccc2)c1. The summed E-state index contributed by atoms with van der Waals surface area (Å²) in [5, 5.41) is 21.4. The Morgan fingerprint density at radius 2 is 1.71 bits per heavy atom.